The SMILES string of the molecule is C[C@@H]1CN(C)C[C@H]1NS(=O)(=O)c1ccc2c(c1)oc(=O)n2C. The van der Waals surface area contributed by atoms with Gasteiger partial charge in [-0.3, -0.25) is 4.57 Å². The van der Waals surface area contributed by atoms with Crippen molar-refractivity contribution >= 4 is 21.1 Å². The predicted octanol–water partition coefficient (Wildman–Crippen LogP) is 0.360. The molecular weight excluding hydrogens is 306 g/mol. The third-order valence-corrected chi connectivity index (χ3v) is 5.66. The molecule has 0 bridgehead atoms. The number of hydrogen-bond acceptors (Lipinski definition) is 5. The van der Waals surface area contributed by atoms with Crippen LogP contribution in [0.25, 0.3) is 11.1 Å². The number of oxazole rings is 1. The zero-order valence-electron chi connectivity index (χ0n) is 12.7. The van der Waals surface area contributed by atoms with E-state index in [4.69, 9.17) is 4.42 Å². The molecule has 1 aromatic carbocycles. The summed E-state index contributed by atoms with van der Waals surface area (Å²) in [6.07, 6.45) is 0. The lowest BCUT2D eigenvalue weighted by Gasteiger charge is -2.16. The molecule has 0 aliphatic carbocycles. The van der Waals surface area contributed by atoms with Crippen LogP contribution < -0.4 is 10.5 Å². The molecule has 0 radical (unpaired) electrons. The molecule has 1 aliphatic heterocycles. The van der Waals surface area contributed by atoms with Gasteiger partial charge in [-0.25, -0.2) is 17.9 Å². The highest BCUT2D eigenvalue weighted by atomic mass is 32.2. The van der Waals surface area contributed by atoms with Crippen LogP contribution in [0.4, 0.5) is 0 Å². The van der Waals surface area contributed by atoms with Gasteiger partial charge in [-0.2, -0.15) is 0 Å². The van der Waals surface area contributed by atoms with Crippen molar-refractivity contribution in [3.8, 4) is 0 Å². The summed E-state index contributed by atoms with van der Waals surface area (Å²) in [7, 11) is -0.0953. The number of nitrogens with zero attached hydrogens (tertiary/aromatic N) is 2. The molecule has 0 unspecified atom stereocenters. The van der Waals surface area contributed by atoms with Gasteiger partial charge in [0, 0.05) is 32.2 Å². The van der Waals surface area contributed by atoms with Crippen molar-refractivity contribution in [1.29, 1.82) is 0 Å². The number of rotatable bonds is 3. The topological polar surface area (TPSA) is 84.6 Å². The minimum atomic E-state index is -3.64. The molecule has 8 heteroatoms. The maximum Gasteiger partial charge on any atom is 0.419 e. The molecule has 1 aromatic heterocycles. The first-order chi connectivity index (χ1) is 10.3. The summed E-state index contributed by atoms with van der Waals surface area (Å²) in [6, 6.07) is 4.35. The fraction of sp³-hybridized carbons (Fsp3) is 0.500. The van der Waals surface area contributed by atoms with Crippen LogP contribution in [0.1, 0.15) is 6.92 Å². The fourth-order valence-corrected chi connectivity index (χ4v) is 4.26. The number of likely N-dealkylation sites (N-methyl/N-ethyl adjacent to an activating group) is 1. The highest BCUT2D eigenvalue weighted by Crippen LogP contribution is 2.21. The smallest absolute Gasteiger partial charge is 0.408 e. The number of likely N-dealkylation sites (tertiary alicyclic amines) is 1. The predicted molar refractivity (Wildman–Crippen MR) is 82.2 cm³/mol. The van der Waals surface area contributed by atoms with Gasteiger partial charge in [0.1, 0.15) is 0 Å². The zero-order valence-corrected chi connectivity index (χ0v) is 13.6. The number of fused-ring (bicyclic) bond motifs is 1. The second kappa shape index (κ2) is 5.22. The summed E-state index contributed by atoms with van der Waals surface area (Å²) < 4.78 is 34.2. The molecule has 3 rings (SSSR count). The van der Waals surface area contributed by atoms with E-state index in [-0.39, 0.29) is 22.4 Å². The van der Waals surface area contributed by atoms with Gasteiger partial charge in [-0.1, -0.05) is 6.92 Å². The van der Waals surface area contributed by atoms with Gasteiger partial charge in [0.2, 0.25) is 10.0 Å². The summed E-state index contributed by atoms with van der Waals surface area (Å²) in [5.41, 5.74) is 0.838. The molecule has 2 aromatic rings. The van der Waals surface area contributed by atoms with E-state index in [2.05, 4.69) is 9.62 Å². The Labute approximate surface area is 128 Å². The van der Waals surface area contributed by atoms with Gasteiger partial charge in [0.15, 0.2) is 5.58 Å². The van der Waals surface area contributed by atoms with Crippen molar-refractivity contribution < 1.29 is 12.8 Å². The first kappa shape index (κ1) is 15.3. The van der Waals surface area contributed by atoms with Crippen LogP contribution in [-0.4, -0.2) is 44.1 Å². The van der Waals surface area contributed by atoms with Gasteiger partial charge in [0.25, 0.3) is 0 Å². The molecule has 7 nitrogen and oxygen atoms in total. The molecule has 22 heavy (non-hydrogen) atoms. The molecule has 0 spiro atoms. The van der Waals surface area contributed by atoms with E-state index >= 15 is 0 Å². The number of benzene rings is 1. The van der Waals surface area contributed by atoms with Gasteiger partial charge in [-0.15, -0.1) is 0 Å². The van der Waals surface area contributed by atoms with Crippen molar-refractivity contribution in [3.05, 3.63) is 28.7 Å². The Hall–Kier alpha value is -1.64. The van der Waals surface area contributed by atoms with Crippen LogP contribution in [0, 0.1) is 5.92 Å². The summed E-state index contributed by atoms with van der Waals surface area (Å²) in [5.74, 6) is -0.262. The van der Waals surface area contributed by atoms with E-state index in [1.165, 1.54) is 16.7 Å². The van der Waals surface area contributed by atoms with E-state index in [0.717, 1.165) is 6.54 Å². The Balaban J connectivity index is 1.93. The largest absolute Gasteiger partial charge is 0.419 e. The fourth-order valence-electron chi connectivity index (χ4n) is 2.91. The highest BCUT2D eigenvalue weighted by molar-refractivity contribution is 7.89. The Morgan fingerprint density at radius 2 is 2.00 bits per heavy atom. The normalized spacial score (nSPS) is 23.4. The molecule has 0 amide bonds. The van der Waals surface area contributed by atoms with Gasteiger partial charge in [0.05, 0.1) is 10.4 Å². The third-order valence-electron chi connectivity index (χ3n) is 4.18. The maximum atomic E-state index is 12.5. The Morgan fingerprint density at radius 3 is 2.64 bits per heavy atom. The second-order valence-corrected chi connectivity index (χ2v) is 7.70. The lowest BCUT2D eigenvalue weighted by atomic mass is 10.1. The standard InChI is InChI=1S/C14H19N3O4S/c1-9-7-16(2)8-11(9)15-22(19,20)10-4-5-12-13(6-10)21-14(18)17(12)3/h4-6,9,11,15H,7-8H2,1-3H3/t9-,11-/m1/s1. The van der Waals surface area contributed by atoms with Crippen LogP contribution in [0.5, 0.6) is 0 Å². The minimum Gasteiger partial charge on any atom is -0.408 e. The number of sulfonamides is 1. The van der Waals surface area contributed by atoms with E-state index in [1.54, 1.807) is 13.1 Å². The molecule has 1 fully saturated rings. The molecule has 2 atom stereocenters. The first-order valence-electron chi connectivity index (χ1n) is 7.08. The molecule has 120 valence electrons. The molecular formula is C14H19N3O4S. The lowest BCUT2D eigenvalue weighted by Crippen LogP contribution is -2.39. The molecule has 1 aliphatic rings. The Morgan fingerprint density at radius 1 is 1.27 bits per heavy atom. The minimum absolute atomic E-state index is 0.108. The average Bonchev–Trinajstić information content (AvgIpc) is 2.89. The van der Waals surface area contributed by atoms with Crippen molar-refractivity contribution in [1.82, 2.24) is 14.2 Å². The second-order valence-electron chi connectivity index (χ2n) is 5.98. The summed E-state index contributed by atoms with van der Waals surface area (Å²) in [5, 5.41) is 0. The van der Waals surface area contributed by atoms with Crippen molar-refractivity contribution in [2.24, 2.45) is 13.0 Å². The monoisotopic (exact) mass is 325 g/mol. The van der Waals surface area contributed by atoms with Crippen LogP contribution in [0.15, 0.2) is 32.3 Å². The lowest BCUT2D eigenvalue weighted by molar-refractivity contribution is 0.400. The Kier molecular flexibility index (Phi) is 3.62. The van der Waals surface area contributed by atoms with E-state index < -0.39 is 15.8 Å². The van der Waals surface area contributed by atoms with Crippen LogP contribution >= 0.6 is 0 Å². The molecule has 0 saturated carbocycles. The number of aromatic nitrogens is 1. The Bertz CT molecular complexity index is 868. The van der Waals surface area contributed by atoms with Gasteiger partial charge >= 0.3 is 5.76 Å². The van der Waals surface area contributed by atoms with E-state index in [1.807, 2.05) is 14.0 Å². The van der Waals surface area contributed by atoms with Crippen molar-refractivity contribution in [2.75, 3.05) is 20.1 Å². The molecule has 1 N–H and O–H groups in total. The summed E-state index contributed by atoms with van der Waals surface area (Å²) in [4.78, 5) is 13.7. The molecule has 2 heterocycles. The van der Waals surface area contributed by atoms with Gasteiger partial charge < -0.3 is 9.32 Å². The quantitative estimate of drug-likeness (QED) is 0.881. The van der Waals surface area contributed by atoms with Gasteiger partial charge in [-0.05, 0) is 25.1 Å². The number of aryl methyl sites for hydroxylation is 1. The van der Waals surface area contributed by atoms with Crippen LogP contribution in [0.2, 0.25) is 0 Å². The first-order valence-corrected chi connectivity index (χ1v) is 8.57. The third kappa shape index (κ3) is 2.57. The summed E-state index contributed by atoms with van der Waals surface area (Å²) in [6.45, 7) is 3.57. The van der Waals surface area contributed by atoms with E-state index in [0.29, 0.717) is 12.1 Å². The number of hydrogen-bond donors (Lipinski definition) is 1. The number of nitrogens with one attached hydrogen (secondary N) is 1. The van der Waals surface area contributed by atoms with Crippen molar-refractivity contribution in [2.45, 2.75) is 17.9 Å². The maximum absolute atomic E-state index is 12.5. The zero-order chi connectivity index (χ0) is 16.1. The summed E-state index contributed by atoms with van der Waals surface area (Å²) >= 11 is 0. The van der Waals surface area contributed by atoms with Crippen LogP contribution in [-0.2, 0) is 17.1 Å². The van der Waals surface area contributed by atoms with Crippen LogP contribution in [0.3, 0.4) is 0 Å². The van der Waals surface area contributed by atoms with Crippen molar-refractivity contribution in [3.63, 3.8) is 0 Å². The highest BCUT2D eigenvalue weighted by Gasteiger charge is 2.31. The van der Waals surface area contributed by atoms with E-state index in [9.17, 15) is 13.2 Å². The molecule has 1 saturated heterocycles. The average molecular weight is 325 g/mol.